The Labute approximate surface area is 128 Å². The Bertz CT molecular complexity index is 436. The second kappa shape index (κ2) is 7.60. The van der Waals surface area contributed by atoms with Gasteiger partial charge in [-0.15, -0.1) is 0 Å². The van der Waals surface area contributed by atoms with Crippen molar-refractivity contribution in [3.8, 4) is 0 Å². The molecule has 3 heteroatoms. The van der Waals surface area contributed by atoms with Gasteiger partial charge in [0.1, 0.15) is 0 Å². The molecule has 0 saturated carbocycles. The second-order valence-corrected chi connectivity index (χ2v) is 6.28. The highest BCUT2D eigenvalue weighted by Gasteiger charge is 2.25. The molecule has 3 nitrogen and oxygen atoms in total. The third kappa shape index (κ3) is 4.31. The van der Waals surface area contributed by atoms with Crippen LogP contribution < -0.4 is 5.32 Å². The SMILES string of the molecule is CC[C@H](C(=O)NC1CCN(C(C)C)CC1)c1ccccc1. The summed E-state index contributed by atoms with van der Waals surface area (Å²) in [6.45, 7) is 8.73. The fraction of sp³-hybridized carbons (Fsp3) is 0.611. The van der Waals surface area contributed by atoms with E-state index in [4.69, 9.17) is 0 Å². The monoisotopic (exact) mass is 288 g/mol. The molecule has 116 valence electrons. The molecule has 1 aliphatic rings. The van der Waals surface area contributed by atoms with Gasteiger partial charge >= 0.3 is 0 Å². The minimum absolute atomic E-state index is 0.0191. The van der Waals surface area contributed by atoms with Gasteiger partial charge in [-0.05, 0) is 38.7 Å². The molecule has 1 aromatic rings. The topological polar surface area (TPSA) is 32.3 Å². The molecule has 1 fully saturated rings. The average molecular weight is 288 g/mol. The molecule has 0 spiro atoms. The van der Waals surface area contributed by atoms with Crippen molar-refractivity contribution in [2.45, 2.75) is 58.0 Å². The Balaban J connectivity index is 1.89. The average Bonchev–Trinajstić information content (AvgIpc) is 2.49. The summed E-state index contributed by atoms with van der Waals surface area (Å²) in [6, 6.07) is 11.1. The van der Waals surface area contributed by atoms with Crippen LogP contribution >= 0.6 is 0 Å². The number of hydrogen-bond acceptors (Lipinski definition) is 2. The lowest BCUT2D eigenvalue weighted by atomic mass is 9.94. The minimum atomic E-state index is -0.0191. The van der Waals surface area contributed by atoms with Crippen molar-refractivity contribution in [1.82, 2.24) is 10.2 Å². The molecule has 21 heavy (non-hydrogen) atoms. The van der Waals surface area contributed by atoms with E-state index in [2.05, 4.69) is 43.1 Å². The normalized spacial score (nSPS) is 18.7. The van der Waals surface area contributed by atoms with Crippen molar-refractivity contribution in [2.75, 3.05) is 13.1 Å². The van der Waals surface area contributed by atoms with Crippen LogP contribution in [0.3, 0.4) is 0 Å². The van der Waals surface area contributed by atoms with Crippen LogP contribution in [0.4, 0.5) is 0 Å². The molecule has 2 rings (SSSR count). The van der Waals surface area contributed by atoms with Crippen LogP contribution in [0, 0.1) is 0 Å². The van der Waals surface area contributed by atoms with Crippen LogP contribution in [0.5, 0.6) is 0 Å². The van der Waals surface area contributed by atoms with Gasteiger partial charge in [0.05, 0.1) is 5.92 Å². The first kappa shape index (κ1) is 16.0. The maximum atomic E-state index is 12.5. The van der Waals surface area contributed by atoms with Crippen molar-refractivity contribution >= 4 is 5.91 Å². The fourth-order valence-electron chi connectivity index (χ4n) is 3.12. The van der Waals surface area contributed by atoms with Crippen molar-refractivity contribution in [2.24, 2.45) is 0 Å². The zero-order valence-corrected chi connectivity index (χ0v) is 13.5. The summed E-state index contributed by atoms with van der Waals surface area (Å²) in [5.74, 6) is 0.168. The molecular formula is C18H28N2O. The molecular weight excluding hydrogens is 260 g/mol. The summed E-state index contributed by atoms with van der Waals surface area (Å²) in [5, 5.41) is 3.26. The number of rotatable bonds is 5. The third-order valence-electron chi connectivity index (χ3n) is 4.53. The Morgan fingerprint density at radius 1 is 1.24 bits per heavy atom. The molecule has 1 atom stereocenters. The van der Waals surface area contributed by atoms with Gasteiger partial charge in [-0.1, -0.05) is 37.3 Å². The molecule has 0 unspecified atom stereocenters. The molecule has 1 N–H and O–H groups in total. The molecule has 0 aliphatic carbocycles. The number of hydrogen-bond donors (Lipinski definition) is 1. The van der Waals surface area contributed by atoms with Gasteiger partial charge in [0, 0.05) is 25.2 Å². The summed E-state index contributed by atoms with van der Waals surface area (Å²) >= 11 is 0. The van der Waals surface area contributed by atoms with Crippen LogP contribution in [0.25, 0.3) is 0 Å². The summed E-state index contributed by atoms with van der Waals surface area (Å²) in [4.78, 5) is 15.0. The summed E-state index contributed by atoms with van der Waals surface area (Å²) in [7, 11) is 0. The quantitative estimate of drug-likeness (QED) is 0.902. The number of carbonyl (C=O) groups excluding carboxylic acids is 1. The van der Waals surface area contributed by atoms with Gasteiger partial charge in [0.25, 0.3) is 0 Å². The van der Waals surface area contributed by atoms with Crippen LogP contribution in [-0.4, -0.2) is 36.0 Å². The summed E-state index contributed by atoms with van der Waals surface area (Å²) in [6.07, 6.45) is 2.98. The molecule has 1 heterocycles. The lowest BCUT2D eigenvalue weighted by Gasteiger charge is -2.35. The van der Waals surface area contributed by atoms with Crippen LogP contribution in [0.2, 0.25) is 0 Å². The van der Waals surface area contributed by atoms with E-state index in [1.165, 1.54) is 0 Å². The van der Waals surface area contributed by atoms with E-state index in [1.54, 1.807) is 0 Å². The lowest BCUT2D eigenvalue weighted by molar-refractivity contribution is -0.123. The highest BCUT2D eigenvalue weighted by molar-refractivity contribution is 5.83. The van der Waals surface area contributed by atoms with Crippen molar-refractivity contribution in [3.63, 3.8) is 0 Å². The molecule has 1 saturated heterocycles. The number of likely N-dealkylation sites (tertiary alicyclic amines) is 1. The van der Waals surface area contributed by atoms with Crippen molar-refractivity contribution < 1.29 is 4.79 Å². The first-order valence-corrected chi connectivity index (χ1v) is 8.21. The van der Waals surface area contributed by atoms with Gasteiger partial charge in [0.2, 0.25) is 5.91 Å². The first-order chi connectivity index (χ1) is 10.1. The van der Waals surface area contributed by atoms with Crippen LogP contribution in [-0.2, 0) is 4.79 Å². The number of amides is 1. The number of benzene rings is 1. The maximum Gasteiger partial charge on any atom is 0.227 e. The second-order valence-electron chi connectivity index (χ2n) is 6.28. The van der Waals surface area contributed by atoms with Gasteiger partial charge in [0.15, 0.2) is 0 Å². The van der Waals surface area contributed by atoms with Gasteiger partial charge in [-0.3, -0.25) is 4.79 Å². The lowest BCUT2D eigenvalue weighted by Crippen LogP contribution is -2.47. The highest BCUT2D eigenvalue weighted by atomic mass is 16.1. The van der Waals surface area contributed by atoms with E-state index in [9.17, 15) is 4.79 Å². The Kier molecular flexibility index (Phi) is 5.80. The van der Waals surface area contributed by atoms with Gasteiger partial charge < -0.3 is 10.2 Å². The summed E-state index contributed by atoms with van der Waals surface area (Å²) in [5.41, 5.74) is 1.12. The zero-order valence-electron chi connectivity index (χ0n) is 13.5. The zero-order chi connectivity index (χ0) is 15.2. The van der Waals surface area contributed by atoms with E-state index >= 15 is 0 Å². The highest BCUT2D eigenvalue weighted by Crippen LogP contribution is 2.21. The number of piperidine rings is 1. The van der Waals surface area contributed by atoms with E-state index in [-0.39, 0.29) is 11.8 Å². The summed E-state index contributed by atoms with van der Waals surface area (Å²) < 4.78 is 0. The Hall–Kier alpha value is -1.35. The number of nitrogens with zero attached hydrogens (tertiary/aromatic N) is 1. The van der Waals surface area contributed by atoms with Crippen LogP contribution in [0.1, 0.15) is 51.5 Å². The van der Waals surface area contributed by atoms with Crippen molar-refractivity contribution in [3.05, 3.63) is 35.9 Å². The molecule has 0 radical (unpaired) electrons. The molecule has 1 aliphatic heterocycles. The van der Waals surface area contributed by atoms with E-state index in [0.717, 1.165) is 37.9 Å². The minimum Gasteiger partial charge on any atom is -0.353 e. The van der Waals surface area contributed by atoms with E-state index in [0.29, 0.717) is 12.1 Å². The Morgan fingerprint density at radius 3 is 2.38 bits per heavy atom. The van der Waals surface area contributed by atoms with E-state index < -0.39 is 0 Å². The Morgan fingerprint density at radius 2 is 1.86 bits per heavy atom. The fourth-order valence-corrected chi connectivity index (χ4v) is 3.12. The smallest absolute Gasteiger partial charge is 0.227 e. The standard InChI is InChI=1S/C18H28N2O/c1-4-17(15-8-6-5-7-9-15)18(21)19-16-10-12-20(13-11-16)14(2)3/h5-9,14,16-17H,4,10-13H2,1-3H3,(H,19,21)/t17-/m0/s1. The van der Waals surface area contributed by atoms with Crippen LogP contribution in [0.15, 0.2) is 30.3 Å². The van der Waals surface area contributed by atoms with Gasteiger partial charge in [-0.25, -0.2) is 0 Å². The predicted molar refractivity (Wildman–Crippen MR) is 87.3 cm³/mol. The molecule has 0 bridgehead atoms. The number of carbonyl (C=O) groups is 1. The largest absolute Gasteiger partial charge is 0.353 e. The molecule has 1 amide bonds. The molecule has 1 aromatic carbocycles. The predicted octanol–water partition coefficient (Wildman–Crippen LogP) is 3.17. The van der Waals surface area contributed by atoms with E-state index in [1.807, 2.05) is 18.2 Å². The third-order valence-corrected chi connectivity index (χ3v) is 4.53. The van der Waals surface area contributed by atoms with Gasteiger partial charge in [-0.2, -0.15) is 0 Å². The van der Waals surface area contributed by atoms with Crippen molar-refractivity contribution in [1.29, 1.82) is 0 Å². The first-order valence-electron chi connectivity index (χ1n) is 8.21. The molecule has 0 aromatic heterocycles. The maximum absolute atomic E-state index is 12.5. The number of nitrogens with one attached hydrogen (secondary N) is 1.